The molecule has 38 heavy (non-hydrogen) atoms. The van der Waals surface area contributed by atoms with Crippen LogP contribution in [0.25, 0.3) is 11.1 Å². The molecule has 3 unspecified atom stereocenters. The lowest BCUT2D eigenvalue weighted by molar-refractivity contribution is 0.203. The molecule has 0 aliphatic carbocycles. The van der Waals surface area contributed by atoms with Crippen molar-refractivity contribution >= 4 is 27.8 Å². The molecule has 0 amide bonds. The Bertz CT molecular complexity index is 1360. The average molecular weight is 543 g/mol. The fraction of sp³-hybridized carbons (Fsp3) is 0.294. The molecule has 0 fully saturated rings. The molecule has 0 bridgehead atoms. The lowest BCUT2D eigenvalue weighted by Gasteiger charge is -2.28. The minimum Gasteiger partial charge on any atom is -0.486 e. The minimum absolute atomic E-state index is 0.191. The van der Waals surface area contributed by atoms with Gasteiger partial charge in [0.2, 0.25) is 0 Å². The first kappa shape index (κ1) is 28.4. The van der Waals surface area contributed by atoms with Crippen molar-refractivity contribution in [2.45, 2.75) is 66.1 Å². The molecule has 4 rings (SSSR count). The first-order valence-electron chi connectivity index (χ1n) is 13.4. The smallest absolute Gasteiger partial charge is 0.123 e. The van der Waals surface area contributed by atoms with Gasteiger partial charge in [-0.05, 0) is 110 Å². The van der Waals surface area contributed by atoms with Gasteiger partial charge in [0, 0.05) is 0 Å². The van der Waals surface area contributed by atoms with E-state index >= 15 is 0 Å². The van der Waals surface area contributed by atoms with E-state index in [4.69, 9.17) is 9.47 Å². The van der Waals surface area contributed by atoms with Gasteiger partial charge >= 0.3 is 0 Å². The zero-order chi connectivity index (χ0) is 27.3. The minimum atomic E-state index is -0.265. The van der Waals surface area contributed by atoms with Gasteiger partial charge in [-0.2, -0.15) is 0 Å². The predicted molar refractivity (Wildman–Crippen MR) is 169 cm³/mol. The summed E-state index contributed by atoms with van der Waals surface area (Å²) in [5.74, 6) is 2.15. The van der Waals surface area contributed by atoms with Crippen LogP contribution in [0, 0.1) is 27.7 Å². The van der Waals surface area contributed by atoms with E-state index in [2.05, 4.69) is 133 Å². The van der Waals surface area contributed by atoms with E-state index in [1.807, 2.05) is 0 Å². The third kappa shape index (κ3) is 7.69. The quantitative estimate of drug-likeness (QED) is 0.186. The standard InChI is InChI=1S/C34H40O2P2/c1-8-33(35-31-19-9-23(2)21-25(31)4)37-29-15-11-27(12-16-29)28-13-17-30(18-14-28)38-34(6,7)36-32-20-10-24(3)22-26(32)5/h9-22,33,37-38H,8H2,1-7H3. The molecule has 0 N–H and O–H groups in total. The van der Waals surface area contributed by atoms with Crippen LogP contribution < -0.4 is 20.1 Å². The van der Waals surface area contributed by atoms with Crippen molar-refractivity contribution in [1.82, 2.24) is 0 Å². The third-order valence-corrected chi connectivity index (χ3v) is 9.38. The summed E-state index contributed by atoms with van der Waals surface area (Å²) in [6, 6.07) is 30.7. The summed E-state index contributed by atoms with van der Waals surface area (Å²) in [5.41, 5.74) is 7.39. The van der Waals surface area contributed by atoms with Crippen LogP contribution in [-0.2, 0) is 0 Å². The molecule has 0 aromatic heterocycles. The molecule has 2 nitrogen and oxygen atoms in total. The molecule has 198 valence electrons. The van der Waals surface area contributed by atoms with E-state index in [0.29, 0.717) is 17.2 Å². The Labute approximate surface area is 232 Å². The van der Waals surface area contributed by atoms with Gasteiger partial charge in [-0.1, -0.05) is 90.8 Å². The van der Waals surface area contributed by atoms with Gasteiger partial charge in [0.1, 0.15) is 22.7 Å². The van der Waals surface area contributed by atoms with E-state index in [0.717, 1.165) is 17.9 Å². The highest BCUT2D eigenvalue weighted by Gasteiger charge is 2.21. The number of aryl methyl sites for hydroxylation is 4. The number of benzene rings is 4. The van der Waals surface area contributed by atoms with Crippen LogP contribution in [-0.4, -0.2) is 11.2 Å². The summed E-state index contributed by atoms with van der Waals surface area (Å²) in [6.45, 7) is 15.0. The predicted octanol–water partition coefficient (Wildman–Crippen LogP) is 8.83. The Morgan fingerprint density at radius 3 is 1.66 bits per heavy atom. The maximum absolute atomic E-state index is 6.41. The van der Waals surface area contributed by atoms with Crippen molar-refractivity contribution in [2.75, 3.05) is 0 Å². The molecule has 4 heteroatoms. The monoisotopic (exact) mass is 542 g/mol. The average Bonchev–Trinajstić information content (AvgIpc) is 2.87. The first-order valence-corrected chi connectivity index (χ1v) is 15.4. The molecule has 4 aromatic carbocycles. The third-order valence-electron chi connectivity index (χ3n) is 6.54. The fourth-order valence-electron chi connectivity index (χ4n) is 4.55. The number of ether oxygens (including phenoxy) is 2. The Hall–Kier alpha value is -2.66. The second kappa shape index (κ2) is 12.5. The van der Waals surface area contributed by atoms with E-state index in [-0.39, 0.29) is 11.2 Å². The first-order chi connectivity index (χ1) is 18.1. The second-order valence-corrected chi connectivity index (χ2v) is 14.1. The lowest BCUT2D eigenvalue weighted by atomic mass is 10.1. The van der Waals surface area contributed by atoms with E-state index < -0.39 is 0 Å². The summed E-state index contributed by atoms with van der Waals surface area (Å²) >= 11 is 0. The highest BCUT2D eigenvalue weighted by atomic mass is 31.1. The summed E-state index contributed by atoms with van der Waals surface area (Å²) in [4.78, 5) is 0. The maximum atomic E-state index is 6.41. The van der Waals surface area contributed by atoms with Crippen molar-refractivity contribution in [3.63, 3.8) is 0 Å². The Morgan fingerprint density at radius 1 is 0.658 bits per heavy atom. The molecule has 0 aliphatic rings. The molecule has 4 aromatic rings. The van der Waals surface area contributed by atoms with Crippen molar-refractivity contribution in [2.24, 2.45) is 0 Å². The molecule has 3 atom stereocenters. The highest BCUT2D eigenvalue weighted by molar-refractivity contribution is 7.48. The Kier molecular flexibility index (Phi) is 9.30. The van der Waals surface area contributed by atoms with Crippen LogP contribution in [0.4, 0.5) is 0 Å². The van der Waals surface area contributed by atoms with Crippen LogP contribution in [0.5, 0.6) is 11.5 Å². The zero-order valence-electron chi connectivity index (χ0n) is 23.7. The summed E-state index contributed by atoms with van der Waals surface area (Å²) in [6.07, 6.45) is 0.985. The largest absolute Gasteiger partial charge is 0.486 e. The summed E-state index contributed by atoms with van der Waals surface area (Å²) in [5, 5.41) is 2.36. The van der Waals surface area contributed by atoms with Crippen molar-refractivity contribution in [3.8, 4) is 22.6 Å². The number of hydrogen-bond donors (Lipinski definition) is 0. The van der Waals surface area contributed by atoms with Crippen molar-refractivity contribution in [3.05, 3.63) is 107 Å². The van der Waals surface area contributed by atoms with Gasteiger partial charge in [0.15, 0.2) is 0 Å². The molecule has 0 saturated carbocycles. The molecule has 0 radical (unpaired) electrons. The molecular formula is C34H40O2P2. The van der Waals surface area contributed by atoms with Crippen LogP contribution in [0.1, 0.15) is 49.4 Å². The van der Waals surface area contributed by atoms with Gasteiger partial charge in [-0.25, -0.2) is 0 Å². The SMILES string of the molecule is CCC(Oc1ccc(C)cc1C)Pc1ccc(-c2ccc(PC(C)(C)Oc3ccc(C)cc3C)cc2)cc1. The molecule has 0 heterocycles. The summed E-state index contributed by atoms with van der Waals surface area (Å²) in [7, 11) is 1.16. The van der Waals surface area contributed by atoms with Crippen LogP contribution in [0.2, 0.25) is 0 Å². The normalized spacial score (nSPS) is 12.9. The van der Waals surface area contributed by atoms with Gasteiger partial charge in [-0.3, -0.25) is 0 Å². The fourth-order valence-corrected chi connectivity index (χ4v) is 6.86. The van der Waals surface area contributed by atoms with Crippen LogP contribution in [0.15, 0.2) is 84.9 Å². The van der Waals surface area contributed by atoms with E-state index in [1.165, 1.54) is 44.0 Å². The van der Waals surface area contributed by atoms with Crippen LogP contribution >= 0.6 is 17.2 Å². The Balaban J connectivity index is 1.37. The van der Waals surface area contributed by atoms with E-state index in [1.54, 1.807) is 0 Å². The molecule has 0 spiro atoms. The molecular weight excluding hydrogens is 502 g/mol. The molecule has 0 saturated heterocycles. The molecule has 0 aliphatic heterocycles. The lowest BCUT2D eigenvalue weighted by Crippen LogP contribution is -2.25. The summed E-state index contributed by atoms with van der Waals surface area (Å²) < 4.78 is 12.8. The van der Waals surface area contributed by atoms with Gasteiger partial charge in [-0.15, -0.1) is 0 Å². The Morgan fingerprint density at radius 2 is 1.16 bits per heavy atom. The van der Waals surface area contributed by atoms with Gasteiger partial charge in [0.25, 0.3) is 0 Å². The highest BCUT2D eigenvalue weighted by Crippen LogP contribution is 2.35. The van der Waals surface area contributed by atoms with E-state index in [9.17, 15) is 0 Å². The van der Waals surface area contributed by atoms with Gasteiger partial charge in [0.05, 0.1) is 0 Å². The van der Waals surface area contributed by atoms with Crippen molar-refractivity contribution < 1.29 is 9.47 Å². The van der Waals surface area contributed by atoms with Crippen molar-refractivity contribution in [1.29, 1.82) is 0 Å². The topological polar surface area (TPSA) is 18.5 Å². The zero-order valence-corrected chi connectivity index (χ0v) is 25.7. The number of hydrogen-bond acceptors (Lipinski definition) is 2. The van der Waals surface area contributed by atoms with Gasteiger partial charge < -0.3 is 9.47 Å². The second-order valence-electron chi connectivity index (χ2n) is 10.6. The van der Waals surface area contributed by atoms with Crippen LogP contribution in [0.3, 0.4) is 0 Å². The maximum Gasteiger partial charge on any atom is 0.123 e. The number of rotatable bonds is 10.